The molecule has 0 aliphatic carbocycles. The zero-order valence-electron chi connectivity index (χ0n) is 17.9. The Hall–Kier alpha value is -3.90. The molecule has 0 spiro atoms. The van der Waals surface area contributed by atoms with Gasteiger partial charge in [0.15, 0.2) is 0 Å². The van der Waals surface area contributed by atoms with Gasteiger partial charge in [-0.3, -0.25) is 14.5 Å². The van der Waals surface area contributed by atoms with Crippen molar-refractivity contribution in [2.75, 3.05) is 11.5 Å². The number of anilines is 1. The maximum Gasteiger partial charge on any atom is 0.300 e. The molecule has 2 heterocycles. The molecule has 1 unspecified atom stereocenters. The second-order valence-corrected chi connectivity index (χ2v) is 8.65. The van der Waals surface area contributed by atoms with Gasteiger partial charge in [0.2, 0.25) is 0 Å². The number of ether oxygens (including phenoxy) is 1. The van der Waals surface area contributed by atoms with Gasteiger partial charge >= 0.3 is 0 Å². The molecular weight excluding hydrogens is 434 g/mol. The number of aliphatic hydroxyl groups is 1. The van der Waals surface area contributed by atoms with Gasteiger partial charge in [0, 0.05) is 16.1 Å². The van der Waals surface area contributed by atoms with Crippen LogP contribution in [0.5, 0.6) is 5.75 Å². The van der Waals surface area contributed by atoms with Crippen LogP contribution < -0.4 is 9.64 Å². The molecule has 1 aromatic heterocycles. The second kappa shape index (κ2) is 8.56. The first kappa shape index (κ1) is 21.0. The Bertz CT molecular complexity index is 1370. The van der Waals surface area contributed by atoms with E-state index < -0.39 is 17.7 Å². The van der Waals surface area contributed by atoms with Crippen LogP contribution in [0.4, 0.5) is 5.69 Å². The van der Waals surface area contributed by atoms with Gasteiger partial charge in [-0.1, -0.05) is 42.5 Å². The minimum atomic E-state index is -0.714. The van der Waals surface area contributed by atoms with E-state index in [9.17, 15) is 14.7 Å². The van der Waals surface area contributed by atoms with Crippen molar-refractivity contribution in [2.24, 2.45) is 0 Å². The van der Waals surface area contributed by atoms with Gasteiger partial charge in [0.05, 0.1) is 12.2 Å². The molecule has 1 N–H and O–H groups in total. The lowest BCUT2D eigenvalue weighted by molar-refractivity contribution is -0.132. The summed E-state index contributed by atoms with van der Waals surface area (Å²) in [7, 11) is 0. The number of fused-ring (bicyclic) bond motifs is 1. The second-order valence-electron chi connectivity index (χ2n) is 7.67. The lowest BCUT2D eigenvalue weighted by Gasteiger charge is -2.24. The van der Waals surface area contributed by atoms with Crippen LogP contribution in [0.1, 0.15) is 23.4 Å². The number of carbonyl (C=O) groups excluding carboxylic acids is 2. The van der Waals surface area contributed by atoms with Crippen molar-refractivity contribution < 1.29 is 19.4 Å². The Morgan fingerprint density at radius 1 is 0.970 bits per heavy atom. The molecule has 33 heavy (non-hydrogen) atoms. The predicted octanol–water partition coefficient (Wildman–Crippen LogP) is 5.93. The Morgan fingerprint density at radius 3 is 2.42 bits per heavy atom. The highest BCUT2D eigenvalue weighted by Crippen LogP contribution is 2.44. The number of Topliss-reactive ketones (excluding diaryl/α,β-unsaturated/α-hetero) is 1. The molecule has 164 valence electrons. The van der Waals surface area contributed by atoms with Crippen molar-refractivity contribution in [1.29, 1.82) is 0 Å². The molecular formula is C27H21NO4S. The predicted molar refractivity (Wildman–Crippen MR) is 131 cm³/mol. The minimum Gasteiger partial charge on any atom is -0.507 e. The van der Waals surface area contributed by atoms with E-state index in [1.54, 1.807) is 30.3 Å². The summed E-state index contributed by atoms with van der Waals surface area (Å²) >= 11 is 1.44. The fourth-order valence-electron chi connectivity index (χ4n) is 4.18. The molecule has 0 bridgehead atoms. The molecule has 0 radical (unpaired) electrons. The number of hydrogen-bond acceptors (Lipinski definition) is 5. The monoisotopic (exact) mass is 455 g/mol. The van der Waals surface area contributed by atoms with Gasteiger partial charge in [0.25, 0.3) is 11.7 Å². The highest BCUT2D eigenvalue weighted by atomic mass is 32.1. The van der Waals surface area contributed by atoms with Crippen LogP contribution in [0.2, 0.25) is 0 Å². The summed E-state index contributed by atoms with van der Waals surface area (Å²) in [6, 6.07) is 23.4. The lowest BCUT2D eigenvalue weighted by atomic mass is 9.98. The van der Waals surface area contributed by atoms with E-state index in [4.69, 9.17) is 4.74 Å². The normalized spacial score (nSPS) is 17.6. The first-order valence-electron chi connectivity index (χ1n) is 10.6. The SMILES string of the molecule is CCOc1ccc(N2C(=O)C(=O)/C(=C(\O)c3ccc4ccccc4c3)C2c2cccs2)cc1. The quantitative estimate of drug-likeness (QED) is 0.230. The molecule has 5 nitrogen and oxygen atoms in total. The summed E-state index contributed by atoms with van der Waals surface area (Å²) in [5.41, 5.74) is 1.16. The van der Waals surface area contributed by atoms with Crippen molar-refractivity contribution in [1.82, 2.24) is 0 Å². The van der Waals surface area contributed by atoms with Gasteiger partial charge in [-0.05, 0) is 59.5 Å². The van der Waals surface area contributed by atoms with Crippen molar-refractivity contribution in [2.45, 2.75) is 13.0 Å². The van der Waals surface area contributed by atoms with E-state index in [1.807, 2.05) is 60.8 Å². The number of benzene rings is 3. The molecule has 1 atom stereocenters. The highest BCUT2D eigenvalue weighted by molar-refractivity contribution is 7.10. The number of rotatable bonds is 5. The smallest absolute Gasteiger partial charge is 0.300 e. The third kappa shape index (κ3) is 3.68. The van der Waals surface area contributed by atoms with E-state index in [0.29, 0.717) is 23.6 Å². The standard InChI is InChI=1S/C27H21NO4S/c1-2-32-21-13-11-20(12-14-21)28-24(22-8-5-15-33-22)23(26(30)27(28)31)25(29)19-10-9-17-6-3-4-7-18(17)16-19/h3-16,24,29H,2H2,1H3/b25-23-. The average molecular weight is 456 g/mol. The van der Waals surface area contributed by atoms with Crippen LogP contribution in [-0.4, -0.2) is 23.4 Å². The molecule has 3 aromatic carbocycles. The molecule has 4 aromatic rings. The van der Waals surface area contributed by atoms with Crippen LogP contribution in [0.25, 0.3) is 16.5 Å². The summed E-state index contributed by atoms with van der Waals surface area (Å²) in [5.74, 6) is -0.861. The number of ketones is 1. The van der Waals surface area contributed by atoms with Crippen LogP contribution in [0, 0.1) is 0 Å². The summed E-state index contributed by atoms with van der Waals surface area (Å²) < 4.78 is 5.51. The number of nitrogens with zero attached hydrogens (tertiary/aromatic N) is 1. The Labute approximate surface area is 195 Å². The molecule has 1 saturated heterocycles. The molecule has 5 rings (SSSR count). The van der Waals surface area contributed by atoms with Crippen molar-refractivity contribution in [3.05, 3.63) is 100 Å². The number of carbonyl (C=O) groups is 2. The minimum absolute atomic E-state index is 0.0895. The van der Waals surface area contributed by atoms with E-state index in [2.05, 4.69) is 0 Å². The highest BCUT2D eigenvalue weighted by Gasteiger charge is 2.47. The summed E-state index contributed by atoms with van der Waals surface area (Å²) in [6.45, 7) is 2.43. The van der Waals surface area contributed by atoms with E-state index in [1.165, 1.54) is 16.2 Å². The van der Waals surface area contributed by atoms with Gasteiger partial charge in [-0.15, -0.1) is 11.3 Å². The van der Waals surface area contributed by atoms with Gasteiger partial charge < -0.3 is 9.84 Å². The Kier molecular flexibility index (Phi) is 5.44. The topological polar surface area (TPSA) is 66.8 Å². The van der Waals surface area contributed by atoms with Crippen molar-refractivity contribution in [3.8, 4) is 5.75 Å². The molecule has 1 fully saturated rings. The Balaban J connectivity index is 1.65. The first-order chi connectivity index (χ1) is 16.1. The number of thiophene rings is 1. The van der Waals surface area contributed by atoms with Gasteiger partial charge in [-0.2, -0.15) is 0 Å². The molecule has 0 saturated carbocycles. The molecule has 1 aliphatic heterocycles. The zero-order chi connectivity index (χ0) is 22.9. The summed E-state index contributed by atoms with van der Waals surface area (Å²) in [4.78, 5) is 28.6. The number of hydrogen-bond donors (Lipinski definition) is 1. The van der Waals surface area contributed by atoms with Crippen molar-refractivity contribution >= 4 is 45.2 Å². The van der Waals surface area contributed by atoms with E-state index in [0.717, 1.165) is 15.6 Å². The number of amides is 1. The van der Waals surface area contributed by atoms with Crippen LogP contribution >= 0.6 is 11.3 Å². The first-order valence-corrected chi connectivity index (χ1v) is 11.5. The van der Waals surface area contributed by atoms with Crippen molar-refractivity contribution in [3.63, 3.8) is 0 Å². The fourth-order valence-corrected chi connectivity index (χ4v) is 5.00. The zero-order valence-corrected chi connectivity index (χ0v) is 18.7. The maximum atomic E-state index is 13.2. The van der Waals surface area contributed by atoms with Gasteiger partial charge in [-0.25, -0.2) is 0 Å². The third-order valence-corrected chi connectivity index (χ3v) is 6.63. The summed E-state index contributed by atoms with van der Waals surface area (Å²) in [5, 5.41) is 15.1. The molecule has 6 heteroatoms. The van der Waals surface area contributed by atoms with Crippen LogP contribution in [0.15, 0.2) is 89.8 Å². The Morgan fingerprint density at radius 2 is 1.73 bits per heavy atom. The third-order valence-electron chi connectivity index (χ3n) is 5.71. The molecule has 1 aliphatic rings. The van der Waals surface area contributed by atoms with E-state index >= 15 is 0 Å². The average Bonchev–Trinajstić information content (AvgIpc) is 3.46. The lowest BCUT2D eigenvalue weighted by Crippen LogP contribution is -2.29. The van der Waals surface area contributed by atoms with Gasteiger partial charge in [0.1, 0.15) is 17.6 Å². The largest absolute Gasteiger partial charge is 0.507 e. The number of aliphatic hydroxyl groups excluding tert-OH is 1. The van der Waals surface area contributed by atoms with Crippen LogP contribution in [-0.2, 0) is 9.59 Å². The van der Waals surface area contributed by atoms with E-state index in [-0.39, 0.29) is 11.3 Å². The fraction of sp³-hybridized carbons (Fsp3) is 0.111. The maximum absolute atomic E-state index is 13.2. The summed E-state index contributed by atoms with van der Waals surface area (Å²) in [6.07, 6.45) is 0. The molecule has 1 amide bonds. The van der Waals surface area contributed by atoms with Crippen LogP contribution in [0.3, 0.4) is 0 Å².